The molecule has 0 radical (unpaired) electrons. The zero-order valence-corrected chi connectivity index (χ0v) is 13.0. The minimum Gasteiger partial charge on any atom is -0.314 e. The fourth-order valence-electron chi connectivity index (χ4n) is 3.88. The highest BCUT2D eigenvalue weighted by molar-refractivity contribution is 4.74. The molecule has 0 aliphatic carbocycles. The molecule has 0 aromatic carbocycles. The molecule has 2 rings (SSSR count). The largest absolute Gasteiger partial charge is 0.314 e. The highest BCUT2D eigenvalue weighted by atomic mass is 15.1. The van der Waals surface area contributed by atoms with Gasteiger partial charge in [-0.1, -0.05) is 26.2 Å². The number of hydrogen-bond acceptors (Lipinski definition) is 2. The summed E-state index contributed by atoms with van der Waals surface area (Å²) in [7, 11) is 0. The molecule has 2 unspecified atom stereocenters. The molecule has 112 valence electrons. The molecule has 2 saturated heterocycles. The molecule has 2 nitrogen and oxygen atoms in total. The Balaban J connectivity index is 1.57. The second-order valence-corrected chi connectivity index (χ2v) is 6.72. The summed E-state index contributed by atoms with van der Waals surface area (Å²) in [5.74, 6) is 1.02. The number of rotatable bonds is 6. The van der Waals surface area contributed by atoms with E-state index >= 15 is 0 Å². The highest BCUT2D eigenvalue weighted by Gasteiger charge is 2.17. The average molecular weight is 266 g/mol. The van der Waals surface area contributed by atoms with Gasteiger partial charge in [-0.2, -0.15) is 0 Å². The average Bonchev–Trinajstić information content (AvgIpc) is 2.66. The van der Waals surface area contributed by atoms with Gasteiger partial charge in [0.25, 0.3) is 0 Å². The summed E-state index contributed by atoms with van der Waals surface area (Å²) in [5, 5.41) is 3.67. The van der Waals surface area contributed by atoms with Crippen LogP contribution in [0, 0.1) is 5.92 Å². The van der Waals surface area contributed by atoms with Gasteiger partial charge in [0.2, 0.25) is 0 Å². The van der Waals surface area contributed by atoms with Crippen molar-refractivity contribution in [1.29, 1.82) is 0 Å². The van der Waals surface area contributed by atoms with E-state index < -0.39 is 0 Å². The van der Waals surface area contributed by atoms with Crippen molar-refractivity contribution in [1.82, 2.24) is 10.2 Å². The standard InChI is InChI=1S/C17H34N2/c1-2-7-16-8-5-13-19(15-11-16)14-6-10-17-9-3-4-12-18-17/h16-18H,2-15H2,1H3. The van der Waals surface area contributed by atoms with Crippen LogP contribution in [0.2, 0.25) is 0 Å². The SMILES string of the molecule is CCCC1CCCN(CCCC2CCCCN2)CC1. The van der Waals surface area contributed by atoms with Gasteiger partial charge in [0, 0.05) is 6.04 Å². The Morgan fingerprint density at radius 1 is 1.00 bits per heavy atom. The molecule has 0 spiro atoms. The maximum atomic E-state index is 3.67. The van der Waals surface area contributed by atoms with Crippen LogP contribution in [0.25, 0.3) is 0 Å². The lowest BCUT2D eigenvalue weighted by Gasteiger charge is -2.25. The topological polar surface area (TPSA) is 15.3 Å². The highest BCUT2D eigenvalue weighted by Crippen LogP contribution is 2.22. The third-order valence-corrected chi connectivity index (χ3v) is 5.08. The lowest BCUT2D eigenvalue weighted by Crippen LogP contribution is -2.35. The minimum atomic E-state index is 0.827. The van der Waals surface area contributed by atoms with E-state index in [4.69, 9.17) is 0 Å². The molecule has 2 fully saturated rings. The molecular weight excluding hydrogens is 232 g/mol. The Morgan fingerprint density at radius 2 is 1.95 bits per heavy atom. The number of nitrogens with one attached hydrogen (secondary N) is 1. The van der Waals surface area contributed by atoms with E-state index in [1.165, 1.54) is 90.4 Å². The van der Waals surface area contributed by atoms with Crippen molar-refractivity contribution in [2.45, 2.75) is 77.2 Å². The van der Waals surface area contributed by atoms with Gasteiger partial charge in [-0.25, -0.2) is 0 Å². The summed E-state index contributed by atoms with van der Waals surface area (Å²) < 4.78 is 0. The van der Waals surface area contributed by atoms with Crippen LogP contribution in [0.3, 0.4) is 0 Å². The molecule has 0 aromatic rings. The summed E-state index contributed by atoms with van der Waals surface area (Å²) in [4.78, 5) is 2.73. The van der Waals surface area contributed by atoms with Crippen LogP contribution < -0.4 is 5.32 Å². The van der Waals surface area contributed by atoms with E-state index in [0.717, 1.165) is 12.0 Å². The van der Waals surface area contributed by atoms with Crippen LogP contribution in [-0.2, 0) is 0 Å². The number of hydrogen-bond donors (Lipinski definition) is 1. The van der Waals surface area contributed by atoms with E-state index in [9.17, 15) is 0 Å². The summed E-state index contributed by atoms with van der Waals surface area (Å²) in [6, 6.07) is 0.827. The first kappa shape index (κ1) is 15.3. The first-order chi connectivity index (χ1) is 9.38. The fraction of sp³-hybridized carbons (Fsp3) is 1.00. The predicted molar refractivity (Wildman–Crippen MR) is 83.6 cm³/mol. The second-order valence-electron chi connectivity index (χ2n) is 6.72. The lowest BCUT2D eigenvalue weighted by molar-refractivity contribution is 0.262. The van der Waals surface area contributed by atoms with E-state index in [1.54, 1.807) is 0 Å². The Bertz CT molecular complexity index is 223. The molecule has 2 aliphatic rings. The fourth-order valence-corrected chi connectivity index (χ4v) is 3.88. The molecule has 2 heterocycles. The Morgan fingerprint density at radius 3 is 2.74 bits per heavy atom. The van der Waals surface area contributed by atoms with Crippen molar-refractivity contribution in [3.63, 3.8) is 0 Å². The molecule has 19 heavy (non-hydrogen) atoms. The minimum absolute atomic E-state index is 0.827. The second kappa shape index (κ2) is 8.97. The third kappa shape index (κ3) is 5.83. The molecule has 2 aliphatic heterocycles. The van der Waals surface area contributed by atoms with Crippen LogP contribution in [0.1, 0.15) is 71.1 Å². The molecule has 0 amide bonds. The smallest absolute Gasteiger partial charge is 0.00675 e. The molecule has 2 heteroatoms. The molecule has 0 saturated carbocycles. The van der Waals surface area contributed by atoms with Crippen molar-refractivity contribution < 1.29 is 0 Å². The molecule has 0 aromatic heterocycles. The van der Waals surface area contributed by atoms with E-state index in [0.29, 0.717) is 0 Å². The van der Waals surface area contributed by atoms with Crippen LogP contribution in [0.5, 0.6) is 0 Å². The molecular formula is C17H34N2. The summed E-state index contributed by atoms with van der Waals surface area (Å²) in [6.45, 7) is 7.66. The van der Waals surface area contributed by atoms with Crippen molar-refractivity contribution in [2.75, 3.05) is 26.2 Å². The third-order valence-electron chi connectivity index (χ3n) is 5.08. The van der Waals surface area contributed by atoms with Crippen LogP contribution in [-0.4, -0.2) is 37.1 Å². The van der Waals surface area contributed by atoms with Gasteiger partial charge in [0.15, 0.2) is 0 Å². The van der Waals surface area contributed by atoms with E-state index in [2.05, 4.69) is 17.1 Å². The quantitative estimate of drug-likeness (QED) is 0.786. The van der Waals surface area contributed by atoms with Gasteiger partial charge < -0.3 is 10.2 Å². The maximum Gasteiger partial charge on any atom is 0.00675 e. The first-order valence-corrected chi connectivity index (χ1v) is 8.84. The Kier molecular flexibility index (Phi) is 7.23. The van der Waals surface area contributed by atoms with Gasteiger partial charge in [-0.05, 0) is 77.0 Å². The molecule has 1 N–H and O–H groups in total. The zero-order chi connectivity index (χ0) is 13.3. The summed E-state index contributed by atoms with van der Waals surface area (Å²) >= 11 is 0. The van der Waals surface area contributed by atoms with Crippen LogP contribution in [0.15, 0.2) is 0 Å². The summed E-state index contributed by atoms with van der Waals surface area (Å²) in [6.07, 6.45) is 14.2. The van der Waals surface area contributed by atoms with Gasteiger partial charge in [0.1, 0.15) is 0 Å². The number of piperidine rings is 1. The van der Waals surface area contributed by atoms with E-state index in [1.807, 2.05) is 0 Å². The van der Waals surface area contributed by atoms with Crippen molar-refractivity contribution in [2.24, 2.45) is 5.92 Å². The van der Waals surface area contributed by atoms with Crippen LogP contribution in [0.4, 0.5) is 0 Å². The maximum absolute atomic E-state index is 3.67. The predicted octanol–water partition coefficient (Wildman–Crippen LogP) is 3.81. The first-order valence-electron chi connectivity index (χ1n) is 8.84. The summed E-state index contributed by atoms with van der Waals surface area (Å²) in [5.41, 5.74) is 0. The van der Waals surface area contributed by atoms with Crippen molar-refractivity contribution >= 4 is 0 Å². The number of likely N-dealkylation sites (tertiary alicyclic amines) is 1. The van der Waals surface area contributed by atoms with Gasteiger partial charge >= 0.3 is 0 Å². The molecule has 0 bridgehead atoms. The van der Waals surface area contributed by atoms with Crippen LogP contribution >= 0.6 is 0 Å². The number of nitrogens with zero attached hydrogens (tertiary/aromatic N) is 1. The monoisotopic (exact) mass is 266 g/mol. The molecule has 2 atom stereocenters. The Labute approximate surface area is 120 Å². The van der Waals surface area contributed by atoms with Gasteiger partial charge in [0.05, 0.1) is 0 Å². The Hall–Kier alpha value is -0.0800. The van der Waals surface area contributed by atoms with Crippen molar-refractivity contribution in [3.8, 4) is 0 Å². The normalized spacial score (nSPS) is 30.2. The zero-order valence-electron chi connectivity index (χ0n) is 13.0. The van der Waals surface area contributed by atoms with E-state index in [-0.39, 0.29) is 0 Å². The van der Waals surface area contributed by atoms with Gasteiger partial charge in [-0.15, -0.1) is 0 Å². The van der Waals surface area contributed by atoms with Crippen molar-refractivity contribution in [3.05, 3.63) is 0 Å². The lowest BCUT2D eigenvalue weighted by atomic mass is 9.96. The van der Waals surface area contributed by atoms with Gasteiger partial charge in [-0.3, -0.25) is 0 Å².